The summed E-state index contributed by atoms with van der Waals surface area (Å²) in [6.07, 6.45) is 0. The normalized spacial score (nSPS) is 10.0. The third kappa shape index (κ3) is 2.85. The van der Waals surface area contributed by atoms with Gasteiger partial charge in [-0.2, -0.15) is 10.5 Å². The molecule has 4 nitrogen and oxygen atoms in total. The summed E-state index contributed by atoms with van der Waals surface area (Å²) in [5.74, 6) is 0.884. The van der Waals surface area contributed by atoms with Crippen molar-refractivity contribution in [1.82, 2.24) is 4.98 Å². The topological polar surface area (TPSA) is 69.7 Å². The molecule has 1 aromatic heterocycles. The van der Waals surface area contributed by atoms with Crippen LogP contribution in [0.15, 0.2) is 30.3 Å². The summed E-state index contributed by atoms with van der Waals surface area (Å²) in [7, 11) is 1.58. The van der Waals surface area contributed by atoms with E-state index in [4.69, 9.17) is 15.3 Å². The van der Waals surface area contributed by atoms with Crippen molar-refractivity contribution < 1.29 is 4.74 Å². The third-order valence-corrected chi connectivity index (χ3v) is 3.25. The first-order chi connectivity index (χ1) is 10.1. The number of hydrogen-bond donors (Lipinski definition) is 0. The molecule has 0 N–H and O–H groups in total. The number of nitrogens with zero attached hydrogens (tertiary/aromatic N) is 3. The van der Waals surface area contributed by atoms with E-state index in [2.05, 4.69) is 31.0 Å². The maximum absolute atomic E-state index is 9.09. The van der Waals surface area contributed by atoms with Crippen LogP contribution in [0, 0.1) is 22.7 Å². The van der Waals surface area contributed by atoms with Gasteiger partial charge in [0.2, 0.25) is 0 Å². The third-order valence-electron chi connectivity index (χ3n) is 3.25. The Kier molecular flexibility index (Phi) is 4.21. The molecule has 0 unspecified atom stereocenters. The predicted octanol–water partition coefficient (Wildman–Crippen LogP) is 3.62. The fraction of sp³-hybridized carbons (Fsp3) is 0.235. The summed E-state index contributed by atoms with van der Waals surface area (Å²) in [4.78, 5) is 4.42. The Hall–Kier alpha value is -2.85. The van der Waals surface area contributed by atoms with Crippen LogP contribution in [-0.4, -0.2) is 12.1 Å². The summed E-state index contributed by atoms with van der Waals surface area (Å²) >= 11 is 0. The van der Waals surface area contributed by atoms with E-state index in [-0.39, 0.29) is 5.92 Å². The van der Waals surface area contributed by atoms with Gasteiger partial charge in [0.15, 0.2) is 0 Å². The summed E-state index contributed by atoms with van der Waals surface area (Å²) in [5, 5.41) is 18.2. The zero-order valence-electron chi connectivity index (χ0n) is 12.2. The molecule has 21 heavy (non-hydrogen) atoms. The molecule has 1 heterocycles. The number of hydrogen-bond acceptors (Lipinski definition) is 4. The minimum atomic E-state index is 0.246. The molecule has 1 aromatic carbocycles. The molecule has 0 amide bonds. The summed E-state index contributed by atoms with van der Waals surface area (Å²) in [5.41, 5.74) is 3.32. The fourth-order valence-corrected chi connectivity index (χ4v) is 2.18. The lowest BCUT2D eigenvalue weighted by Gasteiger charge is -2.15. The van der Waals surface area contributed by atoms with Gasteiger partial charge in [-0.25, -0.2) is 4.98 Å². The lowest BCUT2D eigenvalue weighted by molar-refractivity contribution is 0.416. The molecule has 2 rings (SSSR count). The molecule has 0 saturated carbocycles. The molecule has 0 aliphatic heterocycles. The van der Waals surface area contributed by atoms with Crippen molar-refractivity contribution in [3.8, 4) is 29.1 Å². The van der Waals surface area contributed by atoms with Gasteiger partial charge in [0, 0.05) is 5.56 Å². The van der Waals surface area contributed by atoms with Crippen molar-refractivity contribution in [3.63, 3.8) is 0 Å². The van der Waals surface area contributed by atoms with E-state index in [1.165, 1.54) is 0 Å². The van der Waals surface area contributed by atoms with E-state index < -0.39 is 0 Å². The van der Waals surface area contributed by atoms with Gasteiger partial charge in [-0.1, -0.05) is 19.9 Å². The largest absolute Gasteiger partial charge is 0.496 e. The minimum Gasteiger partial charge on any atom is -0.496 e. The highest BCUT2D eigenvalue weighted by Crippen LogP contribution is 2.34. The molecular formula is C17H15N3O. The van der Waals surface area contributed by atoms with Gasteiger partial charge < -0.3 is 4.74 Å². The molecular weight excluding hydrogens is 262 g/mol. The predicted molar refractivity (Wildman–Crippen MR) is 79.7 cm³/mol. The quantitative estimate of drug-likeness (QED) is 0.859. The van der Waals surface area contributed by atoms with Crippen LogP contribution in [0.4, 0.5) is 0 Å². The zero-order chi connectivity index (χ0) is 15.4. The fourth-order valence-electron chi connectivity index (χ4n) is 2.18. The molecule has 0 aliphatic carbocycles. The Bertz CT molecular complexity index is 752. The first-order valence-corrected chi connectivity index (χ1v) is 6.60. The van der Waals surface area contributed by atoms with Crippen molar-refractivity contribution in [1.29, 1.82) is 10.5 Å². The lowest BCUT2D eigenvalue weighted by atomic mass is 9.95. The standard InChI is InChI=1S/C17H15N3O/c1-11(2)14-6-5-13(10-19)20-17(14)15-8-12(9-18)4-7-16(15)21-3/h4-8,11H,1-3H3. The Morgan fingerprint density at radius 1 is 1.10 bits per heavy atom. The Labute approximate surface area is 124 Å². The van der Waals surface area contributed by atoms with Crippen LogP contribution in [0.2, 0.25) is 0 Å². The summed E-state index contributed by atoms with van der Waals surface area (Å²) < 4.78 is 5.38. The second-order valence-corrected chi connectivity index (χ2v) is 4.93. The Morgan fingerprint density at radius 3 is 2.43 bits per heavy atom. The van der Waals surface area contributed by atoms with Crippen LogP contribution in [0.1, 0.15) is 36.6 Å². The van der Waals surface area contributed by atoms with Crippen LogP contribution in [0.3, 0.4) is 0 Å². The summed E-state index contributed by atoms with van der Waals surface area (Å²) in [6.45, 7) is 4.13. The van der Waals surface area contributed by atoms with Gasteiger partial charge in [0.05, 0.1) is 24.4 Å². The van der Waals surface area contributed by atoms with Crippen LogP contribution in [0.5, 0.6) is 5.75 Å². The highest BCUT2D eigenvalue weighted by molar-refractivity contribution is 5.72. The van der Waals surface area contributed by atoms with Crippen molar-refractivity contribution in [2.45, 2.75) is 19.8 Å². The maximum atomic E-state index is 9.09. The monoisotopic (exact) mass is 277 g/mol. The van der Waals surface area contributed by atoms with E-state index in [0.29, 0.717) is 22.7 Å². The highest BCUT2D eigenvalue weighted by Gasteiger charge is 2.16. The molecule has 0 radical (unpaired) electrons. The summed E-state index contributed by atoms with van der Waals surface area (Å²) in [6, 6.07) is 13.0. The van der Waals surface area contributed by atoms with E-state index in [1.807, 2.05) is 6.07 Å². The Balaban J connectivity index is 2.76. The van der Waals surface area contributed by atoms with Gasteiger partial charge in [-0.3, -0.25) is 0 Å². The number of aromatic nitrogens is 1. The van der Waals surface area contributed by atoms with Gasteiger partial charge in [-0.15, -0.1) is 0 Å². The second kappa shape index (κ2) is 6.07. The average Bonchev–Trinajstić information content (AvgIpc) is 2.53. The van der Waals surface area contributed by atoms with Crippen molar-refractivity contribution >= 4 is 0 Å². The van der Waals surface area contributed by atoms with Crippen LogP contribution in [0.25, 0.3) is 11.3 Å². The smallest absolute Gasteiger partial charge is 0.141 e. The average molecular weight is 277 g/mol. The van der Waals surface area contributed by atoms with Gasteiger partial charge in [0.25, 0.3) is 0 Å². The number of methoxy groups -OCH3 is 1. The SMILES string of the molecule is COc1ccc(C#N)cc1-c1nc(C#N)ccc1C(C)C. The minimum absolute atomic E-state index is 0.246. The zero-order valence-corrected chi connectivity index (χ0v) is 12.2. The van der Waals surface area contributed by atoms with E-state index >= 15 is 0 Å². The number of rotatable bonds is 3. The van der Waals surface area contributed by atoms with E-state index in [1.54, 1.807) is 31.4 Å². The second-order valence-electron chi connectivity index (χ2n) is 4.93. The van der Waals surface area contributed by atoms with Crippen molar-refractivity contribution in [3.05, 3.63) is 47.2 Å². The Morgan fingerprint density at radius 2 is 1.86 bits per heavy atom. The van der Waals surface area contributed by atoms with Crippen LogP contribution in [-0.2, 0) is 0 Å². The first-order valence-electron chi connectivity index (χ1n) is 6.60. The van der Waals surface area contributed by atoms with E-state index in [9.17, 15) is 0 Å². The molecule has 0 atom stereocenters. The van der Waals surface area contributed by atoms with Crippen molar-refractivity contribution in [2.75, 3.05) is 7.11 Å². The maximum Gasteiger partial charge on any atom is 0.141 e. The molecule has 0 aliphatic rings. The number of benzene rings is 1. The molecule has 4 heteroatoms. The lowest BCUT2D eigenvalue weighted by Crippen LogP contribution is -2.00. The van der Waals surface area contributed by atoms with Crippen LogP contribution >= 0.6 is 0 Å². The molecule has 0 bridgehead atoms. The molecule has 2 aromatic rings. The van der Waals surface area contributed by atoms with E-state index in [0.717, 1.165) is 11.1 Å². The molecule has 0 fully saturated rings. The molecule has 104 valence electrons. The first kappa shape index (κ1) is 14.6. The van der Waals surface area contributed by atoms with Gasteiger partial charge in [-0.05, 0) is 35.7 Å². The molecule has 0 saturated heterocycles. The highest BCUT2D eigenvalue weighted by atomic mass is 16.5. The molecule has 0 spiro atoms. The number of ether oxygens (including phenoxy) is 1. The number of nitriles is 2. The van der Waals surface area contributed by atoms with Crippen LogP contribution < -0.4 is 4.74 Å². The van der Waals surface area contributed by atoms with Crippen molar-refractivity contribution in [2.24, 2.45) is 0 Å². The van der Waals surface area contributed by atoms with Gasteiger partial charge in [0.1, 0.15) is 17.5 Å². The van der Waals surface area contributed by atoms with Gasteiger partial charge >= 0.3 is 0 Å². The number of pyridine rings is 1.